The largest absolute Gasteiger partial charge is 0.392 e. The van der Waals surface area contributed by atoms with Crippen molar-refractivity contribution in [3.63, 3.8) is 0 Å². The molecule has 1 saturated heterocycles. The first kappa shape index (κ1) is 23.8. The van der Waals surface area contributed by atoms with Crippen molar-refractivity contribution in [1.29, 1.82) is 0 Å². The second-order valence-electron chi connectivity index (χ2n) is 8.91. The lowest BCUT2D eigenvalue weighted by Crippen LogP contribution is -2.31. The van der Waals surface area contributed by atoms with Crippen molar-refractivity contribution in [3.05, 3.63) is 99.0 Å². The average Bonchev–Trinajstić information content (AvgIpc) is 2.82. The van der Waals surface area contributed by atoms with Crippen LogP contribution >= 0.6 is 0 Å². The van der Waals surface area contributed by atoms with Gasteiger partial charge >= 0.3 is 0 Å². The van der Waals surface area contributed by atoms with Crippen LogP contribution in [0.2, 0.25) is 0 Å². The molecule has 2 heterocycles. The van der Waals surface area contributed by atoms with Crippen LogP contribution in [0.15, 0.2) is 64.7 Å². The zero-order chi connectivity index (χ0) is 24.2. The van der Waals surface area contributed by atoms with Gasteiger partial charge in [-0.05, 0) is 68.1 Å². The molecule has 1 N–H and O–H groups in total. The summed E-state index contributed by atoms with van der Waals surface area (Å²) in [5.41, 5.74) is 3.37. The van der Waals surface area contributed by atoms with Crippen molar-refractivity contribution in [1.82, 2.24) is 9.88 Å². The molecule has 0 atom stereocenters. The first-order valence-electron chi connectivity index (χ1n) is 11.6. The molecule has 0 radical (unpaired) electrons. The Morgan fingerprint density at radius 3 is 2.59 bits per heavy atom. The van der Waals surface area contributed by atoms with Crippen molar-refractivity contribution in [2.75, 3.05) is 13.1 Å². The molecule has 0 aliphatic carbocycles. The van der Waals surface area contributed by atoms with Gasteiger partial charge in [0.1, 0.15) is 23.5 Å². The van der Waals surface area contributed by atoms with Crippen molar-refractivity contribution < 1.29 is 13.6 Å². The first-order valence-corrected chi connectivity index (χ1v) is 11.6. The summed E-state index contributed by atoms with van der Waals surface area (Å²) >= 11 is 0. The quantitative estimate of drug-likeness (QED) is 0.409. The zero-order valence-corrected chi connectivity index (χ0v) is 19.6. The Balaban J connectivity index is 1.85. The van der Waals surface area contributed by atoms with Gasteiger partial charge in [0, 0.05) is 29.5 Å². The van der Waals surface area contributed by atoms with E-state index in [4.69, 9.17) is 4.84 Å². The van der Waals surface area contributed by atoms with Gasteiger partial charge in [-0.3, -0.25) is 9.36 Å². The summed E-state index contributed by atoms with van der Waals surface area (Å²) in [4.78, 5) is 18.7. The van der Waals surface area contributed by atoms with Gasteiger partial charge in [0.2, 0.25) is 0 Å². The highest BCUT2D eigenvalue weighted by Crippen LogP contribution is 2.26. The molecule has 0 saturated carbocycles. The van der Waals surface area contributed by atoms with Crippen LogP contribution in [0.1, 0.15) is 54.9 Å². The minimum absolute atomic E-state index is 0.102. The molecule has 1 aliphatic heterocycles. The summed E-state index contributed by atoms with van der Waals surface area (Å²) in [6.45, 7) is 7.73. The van der Waals surface area contributed by atoms with Gasteiger partial charge in [0.05, 0.1) is 5.69 Å². The number of hydrogen-bond acceptors (Lipinski definition) is 4. The van der Waals surface area contributed by atoms with Gasteiger partial charge in [-0.1, -0.05) is 37.2 Å². The Kier molecular flexibility index (Phi) is 7.22. The Bertz CT molecular complexity index is 1260. The highest BCUT2D eigenvalue weighted by atomic mass is 19.1. The molecule has 5 nitrogen and oxygen atoms in total. The summed E-state index contributed by atoms with van der Waals surface area (Å²) in [7, 11) is 0. The standard InChI is InChI=1S/C27H29F2N3O2/c1-17(2)22-6-4-5-18(3)27(22)32-16-19(7-10-25(32)33)26(23-9-8-20(28)15-24(23)29)31-34-21-11-13-30-14-12-21/h4-10,15-17,21,30H,11-14H2,1-3H3. The molecular weight excluding hydrogens is 436 g/mol. The van der Waals surface area contributed by atoms with Gasteiger partial charge in [-0.15, -0.1) is 0 Å². The number of nitrogens with one attached hydrogen (secondary N) is 1. The van der Waals surface area contributed by atoms with Gasteiger partial charge in [-0.2, -0.15) is 0 Å². The van der Waals surface area contributed by atoms with Gasteiger partial charge in [0.25, 0.3) is 5.56 Å². The van der Waals surface area contributed by atoms with Crippen LogP contribution < -0.4 is 10.9 Å². The Morgan fingerprint density at radius 1 is 1.12 bits per heavy atom. The fourth-order valence-electron chi connectivity index (χ4n) is 4.25. The van der Waals surface area contributed by atoms with Crippen LogP contribution in [0.4, 0.5) is 8.78 Å². The van der Waals surface area contributed by atoms with E-state index in [1.807, 2.05) is 25.1 Å². The molecule has 0 spiro atoms. The van der Waals surface area contributed by atoms with E-state index in [-0.39, 0.29) is 28.9 Å². The first-order chi connectivity index (χ1) is 16.3. The third kappa shape index (κ3) is 5.09. The number of aryl methyl sites for hydroxylation is 1. The molecule has 178 valence electrons. The minimum Gasteiger partial charge on any atom is -0.392 e. The van der Waals surface area contributed by atoms with Crippen LogP contribution in [0.25, 0.3) is 5.69 Å². The maximum Gasteiger partial charge on any atom is 0.255 e. The molecule has 2 aromatic carbocycles. The summed E-state index contributed by atoms with van der Waals surface area (Å²) in [5.74, 6) is -1.23. The molecule has 0 unspecified atom stereocenters. The van der Waals surface area contributed by atoms with Crippen LogP contribution in [0.3, 0.4) is 0 Å². The van der Waals surface area contributed by atoms with Crippen LogP contribution in [-0.2, 0) is 4.84 Å². The molecule has 7 heteroatoms. The number of piperidine rings is 1. The van der Waals surface area contributed by atoms with E-state index in [2.05, 4.69) is 24.3 Å². The van der Waals surface area contributed by atoms with E-state index in [9.17, 15) is 13.6 Å². The fourth-order valence-corrected chi connectivity index (χ4v) is 4.25. The van der Waals surface area contributed by atoms with Gasteiger partial charge in [-0.25, -0.2) is 8.78 Å². The smallest absolute Gasteiger partial charge is 0.255 e. The Morgan fingerprint density at radius 2 is 1.88 bits per heavy atom. The third-order valence-electron chi connectivity index (χ3n) is 6.08. The van der Waals surface area contributed by atoms with Crippen molar-refractivity contribution in [3.8, 4) is 5.69 Å². The number of halogens is 2. The summed E-state index contributed by atoms with van der Waals surface area (Å²) in [5, 5.41) is 7.60. The molecule has 0 bridgehead atoms. The minimum atomic E-state index is -0.746. The number of rotatable bonds is 6. The predicted molar refractivity (Wildman–Crippen MR) is 130 cm³/mol. The molecule has 3 aromatic rings. The fraction of sp³-hybridized carbons (Fsp3) is 0.333. The summed E-state index contributed by atoms with van der Waals surface area (Å²) in [6.07, 6.45) is 3.12. The van der Waals surface area contributed by atoms with Gasteiger partial charge < -0.3 is 10.2 Å². The summed E-state index contributed by atoms with van der Waals surface area (Å²) < 4.78 is 30.0. The number of aromatic nitrogens is 1. The van der Waals surface area contributed by atoms with Crippen LogP contribution in [0.5, 0.6) is 0 Å². The molecule has 0 amide bonds. The SMILES string of the molecule is Cc1cccc(C(C)C)c1-n1cc(C(=NOC2CCNCC2)c2ccc(F)cc2F)ccc1=O. The van der Waals surface area contributed by atoms with Crippen LogP contribution in [-0.4, -0.2) is 29.5 Å². The average molecular weight is 466 g/mol. The van der Waals surface area contributed by atoms with Crippen LogP contribution in [0, 0.1) is 18.6 Å². The second-order valence-corrected chi connectivity index (χ2v) is 8.91. The maximum absolute atomic E-state index is 14.8. The van der Waals surface area contributed by atoms with Crippen molar-refractivity contribution in [2.45, 2.75) is 45.6 Å². The van der Waals surface area contributed by atoms with E-state index in [0.717, 1.165) is 48.8 Å². The highest BCUT2D eigenvalue weighted by molar-refractivity contribution is 6.12. The normalized spacial score (nSPS) is 15.1. The van der Waals surface area contributed by atoms with E-state index in [0.29, 0.717) is 5.56 Å². The van der Waals surface area contributed by atoms with Gasteiger partial charge in [0.15, 0.2) is 0 Å². The number of nitrogens with zero attached hydrogens (tertiary/aromatic N) is 2. The van der Waals surface area contributed by atoms with Crippen molar-refractivity contribution >= 4 is 5.71 Å². The number of oxime groups is 1. The lowest BCUT2D eigenvalue weighted by atomic mass is 9.97. The van der Waals surface area contributed by atoms with Crippen molar-refractivity contribution in [2.24, 2.45) is 5.16 Å². The maximum atomic E-state index is 14.8. The second kappa shape index (κ2) is 10.3. The molecule has 1 aliphatic rings. The molecule has 4 rings (SSSR count). The number of hydrogen-bond donors (Lipinski definition) is 1. The van der Waals surface area contributed by atoms with E-state index in [1.54, 1.807) is 16.8 Å². The zero-order valence-electron chi connectivity index (χ0n) is 19.6. The van der Waals surface area contributed by atoms with E-state index in [1.165, 1.54) is 18.2 Å². The summed E-state index contributed by atoms with van der Waals surface area (Å²) in [6, 6.07) is 12.3. The topological polar surface area (TPSA) is 55.6 Å². The predicted octanol–water partition coefficient (Wildman–Crippen LogP) is 5.07. The molecule has 1 fully saturated rings. The van der Waals surface area contributed by atoms with E-state index >= 15 is 0 Å². The molecule has 34 heavy (non-hydrogen) atoms. The Labute approximate surface area is 198 Å². The molecule has 1 aromatic heterocycles. The molecular formula is C27H29F2N3O2. The number of pyridine rings is 1. The van der Waals surface area contributed by atoms with E-state index < -0.39 is 11.6 Å². The lowest BCUT2D eigenvalue weighted by Gasteiger charge is -2.21. The lowest BCUT2D eigenvalue weighted by molar-refractivity contribution is 0.0378. The highest BCUT2D eigenvalue weighted by Gasteiger charge is 2.20. The Hall–Kier alpha value is -3.32. The number of para-hydroxylation sites is 1. The monoisotopic (exact) mass is 465 g/mol. The number of benzene rings is 2. The third-order valence-corrected chi connectivity index (χ3v) is 6.08.